The molecule has 14 heavy (non-hydrogen) atoms. The van der Waals surface area contributed by atoms with Gasteiger partial charge >= 0.3 is 5.69 Å². The lowest BCUT2D eigenvalue weighted by Gasteiger charge is -2.21. The fraction of sp³-hybridized carbons (Fsp3) is 0.556. The fourth-order valence-corrected chi connectivity index (χ4v) is 1.35. The lowest BCUT2D eigenvalue weighted by Crippen LogP contribution is -2.43. The third-order valence-corrected chi connectivity index (χ3v) is 2.19. The van der Waals surface area contributed by atoms with E-state index in [2.05, 4.69) is 0 Å². The third-order valence-electron chi connectivity index (χ3n) is 2.19. The van der Waals surface area contributed by atoms with E-state index in [-0.39, 0.29) is 11.2 Å². The average molecular weight is 197 g/mol. The summed E-state index contributed by atoms with van der Waals surface area (Å²) in [4.78, 5) is 22.9. The first-order valence-corrected chi connectivity index (χ1v) is 4.31. The number of hydrogen-bond acceptors (Lipinski definition) is 3. The van der Waals surface area contributed by atoms with E-state index in [4.69, 9.17) is 5.73 Å². The predicted molar refractivity (Wildman–Crippen MR) is 54.1 cm³/mol. The summed E-state index contributed by atoms with van der Waals surface area (Å²) in [5.74, 6) is 0. The van der Waals surface area contributed by atoms with Crippen LogP contribution in [0.15, 0.2) is 15.7 Å². The zero-order chi connectivity index (χ0) is 11.1. The zero-order valence-electron chi connectivity index (χ0n) is 8.87. The van der Waals surface area contributed by atoms with Crippen LogP contribution in [-0.2, 0) is 19.6 Å². The van der Waals surface area contributed by atoms with Gasteiger partial charge in [0.05, 0.1) is 5.54 Å². The molecule has 0 saturated carbocycles. The van der Waals surface area contributed by atoms with Gasteiger partial charge in [-0.25, -0.2) is 4.79 Å². The van der Waals surface area contributed by atoms with E-state index in [9.17, 15) is 9.59 Å². The average Bonchev–Trinajstić information content (AvgIpc) is 2.06. The van der Waals surface area contributed by atoms with Crippen molar-refractivity contribution in [1.29, 1.82) is 0 Å². The maximum Gasteiger partial charge on any atom is 0.330 e. The number of aromatic nitrogens is 2. The van der Waals surface area contributed by atoms with Crippen LogP contribution in [0.2, 0.25) is 0 Å². The van der Waals surface area contributed by atoms with Gasteiger partial charge < -0.3 is 5.73 Å². The van der Waals surface area contributed by atoms with Crippen molar-refractivity contribution in [2.45, 2.75) is 19.4 Å². The van der Waals surface area contributed by atoms with Crippen molar-refractivity contribution in [1.82, 2.24) is 9.13 Å². The molecule has 0 aliphatic carbocycles. The minimum absolute atomic E-state index is 0.332. The normalized spacial score (nSPS) is 11.8. The van der Waals surface area contributed by atoms with Crippen molar-refractivity contribution in [2.75, 3.05) is 0 Å². The molecule has 5 nitrogen and oxygen atoms in total. The van der Waals surface area contributed by atoms with Crippen LogP contribution in [0, 0.1) is 0 Å². The van der Waals surface area contributed by atoms with Crippen molar-refractivity contribution in [3.63, 3.8) is 0 Å². The molecule has 1 aromatic rings. The lowest BCUT2D eigenvalue weighted by atomic mass is 10.0. The monoisotopic (exact) mass is 197 g/mol. The summed E-state index contributed by atoms with van der Waals surface area (Å²) in [6, 6.07) is 1.39. The van der Waals surface area contributed by atoms with E-state index < -0.39 is 5.54 Å². The molecule has 1 heterocycles. The van der Waals surface area contributed by atoms with Gasteiger partial charge in [0.15, 0.2) is 0 Å². The second kappa shape index (κ2) is 3.09. The summed E-state index contributed by atoms with van der Waals surface area (Å²) in [6.07, 6.45) is 0. The van der Waals surface area contributed by atoms with E-state index in [0.717, 1.165) is 4.57 Å². The fourth-order valence-electron chi connectivity index (χ4n) is 1.35. The Hall–Kier alpha value is -1.36. The van der Waals surface area contributed by atoms with E-state index in [1.54, 1.807) is 20.9 Å². The van der Waals surface area contributed by atoms with E-state index >= 15 is 0 Å². The molecule has 5 heteroatoms. The van der Waals surface area contributed by atoms with Crippen molar-refractivity contribution >= 4 is 0 Å². The smallest absolute Gasteiger partial charge is 0.321 e. The standard InChI is InChI=1S/C9H15N3O2/c1-9(2,10)6-5-7(13)12(4)8(14)11(6)3/h5H,10H2,1-4H3. The molecule has 0 aromatic carbocycles. The van der Waals surface area contributed by atoms with Gasteiger partial charge in [-0.2, -0.15) is 0 Å². The van der Waals surface area contributed by atoms with Gasteiger partial charge in [0.25, 0.3) is 5.56 Å². The van der Waals surface area contributed by atoms with Crippen LogP contribution in [0.4, 0.5) is 0 Å². The molecule has 78 valence electrons. The van der Waals surface area contributed by atoms with Gasteiger partial charge in [0.2, 0.25) is 0 Å². The van der Waals surface area contributed by atoms with Crippen LogP contribution >= 0.6 is 0 Å². The quantitative estimate of drug-likeness (QED) is 0.645. The Labute approximate surface area is 81.8 Å². The molecule has 0 atom stereocenters. The largest absolute Gasteiger partial charge is 0.330 e. The SMILES string of the molecule is Cn1c(C(C)(C)N)cc(=O)n(C)c1=O. The number of rotatable bonds is 1. The summed E-state index contributed by atoms with van der Waals surface area (Å²) >= 11 is 0. The van der Waals surface area contributed by atoms with Crippen LogP contribution < -0.4 is 17.0 Å². The number of nitrogens with two attached hydrogens (primary N) is 1. The van der Waals surface area contributed by atoms with E-state index in [0.29, 0.717) is 5.69 Å². The highest BCUT2D eigenvalue weighted by Gasteiger charge is 2.19. The molecule has 0 aliphatic heterocycles. The molecule has 0 saturated heterocycles. The van der Waals surface area contributed by atoms with Gasteiger partial charge in [-0.05, 0) is 13.8 Å². The van der Waals surface area contributed by atoms with E-state index in [1.807, 2.05) is 0 Å². The Morgan fingerprint density at radius 2 is 1.71 bits per heavy atom. The second-order valence-corrected chi connectivity index (χ2v) is 3.99. The second-order valence-electron chi connectivity index (χ2n) is 3.99. The highest BCUT2D eigenvalue weighted by molar-refractivity contribution is 5.11. The van der Waals surface area contributed by atoms with Gasteiger partial charge in [0.1, 0.15) is 0 Å². The van der Waals surface area contributed by atoms with Crippen molar-refractivity contribution < 1.29 is 0 Å². The topological polar surface area (TPSA) is 70.0 Å². The van der Waals surface area contributed by atoms with Crippen LogP contribution in [-0.4, -0.2) is 9.13 Å². The summed E-state index contributed by atoms with van der Waals surface area (Å²) < 4.78 is 2.44. The summed E-state index contributed by atoms with van der Waals surface area (Å²) in [7, 11) is 3.05. The molecule has 0 aliphatic rings. The molecule has 1 aromatic heterocycles. The Morgan fingerprint density at radius 1 is 1.21 bits per heavy atom. The summed E-state index contributed by atoms with van der Waals surface area (Å²) in [6.45, 7) is 3.50. The van der Waals surface area contributed by atoms with Crippen LogP contribution in [0.25, 0.3) is 0 Å². The van der Waals surface area contributed by atoms with Gasteiger partial charge in [0, 0.05) is 25.9 Å². The molecular formula is C9H15N3O2. The van der Waals surface area contributed by atoms with Gasteiger partial charge in [-0.3, -0.25) is 13.9 Å². The number of nitrogens with zero attached hydrogens (tertiary/aromatic N) is 2. The first-order valence-electron chi connectivity index (χ1n) is 4.31. The molecule has 0 spiro atoms. The molecule has 0 unspecified atom stereocenters. The molecule has 0 bridgehead atoms. The van der Waals surface area contributed by atoms with Crippen LogP contribution in [0.3, 0.4) is 0 Å². The first-order chi connectivity index (χ1) is 6.25. The molecule has 0 fully saturated rings. The van der Waals surface area contributed by atoms with Gasteiger partial charge in [-0.1, -0.05) is 0 Å². The Kier molecular flexibility index (Phi) is 2.37. The molecule has 0 radical (unpaired) electrons. The van der Waals surface area contributed by atoms with E-state index in [1.165, 1.54) is 17.7 Å². The minimum atomic E-state index is -0.693. The van der Waals surface area contributed by atoms with Crippen molar-refractivity contribution in [2.24, 2.45) is 19.8 Å². The molecule has 0 amide bonds. The van der Waals surface area contributed by atoms with Crippen molar-refractivity contribution in [3.05, 3.63) is 32.6 Å². The maximum absolute atomic E-state index is 11.5. The zero-order valence-corrected chi connectivity index (χ0v) is 8.87. The predicted octanol–water partition coefficient (Wildman–Crippen LogP) is -0.722. The Morgan fingerprint density at radius 3 is 2.14 bits per heavy atom. The summed E-state index contributed by atoms with van der Waals surface area (Å²) in [5, 5.41) is 0. The molecular weight excluding hydrogens is 182 g/mol. The van der Waals surface area contributed by atoms with Gasteiger partial charge in [-0.15, -0.1) is 0 Å². The minimum Gasteiger partial charge on any atom is -0.321 e. The summed E-state index contributed by atoms with van der Waals surface area (Å²) in [5.41, 5.74) is 4.99. The third kappa shape index (κ3) is 1.63. The maximum atomic E-state index is 11.5. The van der Waals surface area contributed by atoms with Crippen LogP contribution in [0.5, 0.6) is 0 Å². The highest BCUT2D eigenvalue weighted by atomic mass is 16.2. The Bertz CT molecular complexity index is 462. The number of hydrogen-bond donors (Lipinski definition) is 1. The lowest BCUT2D eigenvalue weighted by molar-refractivity contribution is 0.486. The van der Waals surface area contributed by atoms with Crippen LogP contribution in [0.1, 0.15) is 19.5 Å². The molecule has 2 N–H and O–H groups in total. The van der Waals surface area contributed by atoms with Crippen molar-refractivity contribution in [3.8, 4) is 0 Å². The first kappa shape index (κ1) is 10.7. The highest BCUT2D eigenvalue weighted by Crippen LogP contribution is 2.11. The Balaban J connectivity index is 3.67. The molecule has 1 rings (SSSR count).